The van der Waals surface area contributed by atoms with Gasteiger partial charge in [-0.1, -0.05) is 12.5 Å². The van der Waals surface area contributed by atoms with Crippen LogP contribution in [-0.2, 0) is 0 Å². The average molecular weight is 201 g/mol. The van der Waals surface area contributed by atoms with Gasteiger partial charge >= 0.3 is 0 Å². The van der Waals surface area contributed by atoms with Crippen LogP contribution in [-0.4, -0.2) is 24.6 Å². The summed E-state index contributed by atoms with van der Waals surface area (Å²) in [5.41, 5.74) is 1.30. The van der Waals surface area contributed by atoms with Gasteiger partial charge in [0, 0.05) is 6.04 Å². The summed E-state index contributed by atoms with van der Waals surface area (Å²) in [6.07, 6.45) is 5.85. The van der Waals surface area contributed by atoms with Gasteiger partial charge in [-0.05, 0) is 44.7 Å². The number of nitrogens with one attached hydrogen (secondary N) is 1. The highest BCUT2D eigenvalue weighted by molar-refractivity contribution is 7.98. The molecule has 0 saturated carbocycles. The molecule has 1 N–H and O–H groups in total. The van der Waals surface area contributed by atoms with Crippen LogP contribution >= 0.6 is 11.8 Å². The van der Waals surface area contributed by atoms with E-state index in [1.807, 2.05) is 11.8 Å². The standard InChI is InChI=1S/C11H23NS/c1-5-12-11(8-9-13-4)7-6-10(2)3/h11-12H,2,5-9H2,1,3-4H3. The molecule has 0 aromatic carbocycles. The zero-order valence-corrected chi connectivity index (χ0v) is 10.0. The monoisotopic (exact) mass is 201 g/mol. The van der Waals surface area contributed by atoms with Crippen molar-refractivity contribution in [3.05, 3.63) is 12.2 Å². The molecule has 1 nitrogen and oxygen atoms in total. The van der Waals surface area contributed by atoms with E-state index in [1.54, 1.807) is 0 Å². The predicted octanol–water partition coefficient (Wildman–Crippen LogP) is 3.07. The lowest BCUT2D eigenvalue weighted by Gasteiger charge is -2.17. The number of allylic oxidation sites excluding steroid dienone is 1. The van der Waals surface area contributed by atoms with Crippen molar-refractivity contribution in [3.63, 3.8) is 0 Å². The number of hydrogen-bond donors (Lipinski definition) is 1. The summed E-state index contributed by atoms with van der Waals surface area (Å²) in [6.45, 7) is 9.30. The molecular formula is C11H23NS. The molecule has 0 bridgehead atoms. The molecule has 0 aliphatic rings. The van der Waals surface area contributed by atoms with Crippen molar-refractivity contribution in [2.75, 3.05) is 18.6 Å². The molecule has 1 atom stereocenters. The molecule has 0 amide bonds. The van der Waals surface area contributed by atoms with Crippen LogP contribution in [0.1, 0.15) is 33.1 Å². The highest BCUT2D eigenvalue weighted by atomic mass is 32.2. The molecule has 0 aromatic heterocycles. The van der Waals surface area contributed by atoms with Gasteiger partial charge in [-0.2, -0.15) is 11.8 Å². The number of thioether (sulfide) groups is 1. The highest BCUT2D eigenvalue weighted by Gasteiger charge is 2.05. The van der Waals surface area contributed by atoms with Crippen molar-refractivity contribution >= 4 is 11.8 Å². The Kier molecular flexibility index (Phi) is 8.67. The van der Waals surface area contributed by atoms with E-state index in [0.717, 1.165) is 13.0 Å². The van der Waals surface area contributed by atoms with Crippen molar-refractivity contribution in [2.24, 2.45) is 0 Å². The lowest BCUT2D eigenvalue weighted by atomic mass is 10.1. The highest BCUT2D eigenvalue weighted by Crippen LogP contribution is 2.09. The molecule has 0 aromatic rings. The SMILES string of the molecule is C=C(C)CCC(CCSC)NCC. The zero-order valence-electron chi connectivity index (χ0n) is 9.23. The van der Waals surface area contributed by atoms with Crippen LogP contribution < -0.4 is 5.32 Å². The molecule has 13 heavy (non-hydrogen) atoms. The Morgan fingerprint density at radius 3 is 2.62 bits per heavy atom. The van der Waals surface area contributed by atoms with Gasteiger partial charge in [-0.25, -0.2) is 0 Å². The molecule has 0 aliphatic heterocycles. The summed E-state index contributed by atoms with van der Waals surface area (Å²) >= 11 is 1.93. The van der Waals surface area contributed by atoms with Crippen LogP contribution in [0.2, 0.25) is 0 Å². The second kappa shape index (κ2) is 8.64. The molecule has 0 rings (SSSR count). The Bertz CT molecular complexity index is 134. The fraction of sp³-hybridized carbons (Fsp3) is 0.818. The number of rotatable bonds is 8. The Labute approximate surface area is 87.4 Å². The van der Waals surface area contributed by atoms with Gasteiger partial charge in [0.1, 0.15) is 0 Å². The molecule has 0 radical (unpaired) electrons. The van der Waals surface area contributed by atoms with Crippen LogP contribution in [0, 0.1) is 0 Å². The summed E-state index contributed by atoms with van der Waals surface area (Å²) in [5, 5.41) is 3.52. The number of hydrogen-bond acceptors (Lipinski definition) is 2. The first-order chi connectivity index (χ1) is 6.20. The fourth-order valence-electron chi connectivity index (χ4n) is 1.32. The topological polar surface area (TPSA) is 12.0 Å². The Balaban J connectivity index is 3.59. The molecule has 78 valence electrons. The van der Waals surface area contributed by atoms with Crippen LogP contribution in [0.4, 0.5) is 0 Å². The summed E-state index contributed by atoms with van der Waals surface area (Å²) in [4.78, 5) is 0. The lowest BCUT2D eigenvalue weighted by molar-refractivity contribution is 0.483. The maximum Gasteiger partial charge on any atom is 0.00778 e. The van der Waals surface area contributed by atoms with Crippen molar-refractivity contribution in [3.8, 4) is 0 Å². The second-order valence-electron chi connectivity index (χ2n) is 3.53. The van der Waals surface area contributed by atoms with Crippen molar-refractivity contribution in [1.29, 1.82) is 0 Å². The molecule has 0 spiro atoms. The third-order valence-corrected chi connectivity index (χ3v) is 2.73. The van der Waals surface area contributed by atoms with E-state index in [4.69, 9.17) is 0 Å². The second-order valence-corrected chi connectivity index (χ2v) is 4.52. The molecule has 0 fully saturated rings. The van der Waals surface area contributed by atoms with Crippen LogP contribution in [0.5, 0.6) is 0 Å². The van der Waals surface area contributed by atoms with E-state index in [-0.39, 0.29) is 0 Å². The summed E-state index contributed by atoms with van der Waals surface area (Å²) < 4.78 is 0. The summed E-state index contributed by atoms with van der Waals surface area (Å²) in [7, 11) is 0. The maximum atomic E-state index is 3.93. The van der Waals surface area contributed by atoms with Crippen molar-refractivity contribution < 1.29 is 0 Å². The third-order valence-electron chi connectivity index (χ3n) is 2.08. The summed E-state index contributed by atoms with van der Waals surface area (Å²) in [5.74, 6) is 1.26. The Morgan fingerprint density at radius 2 is 2.15 bits per heavy atom. The molecule has 0 aliphatic carbocycles. The maximum absolute atomic E-state index is 3.93. The first kappa shape index (κ1) is 13.1. The van der Waals surface area contributed by atoms with Crippen LogP contribution in [0.3, 0.4) is 0 Å². The Morgan fingerprint density at radius 1 is 1.46 bits per heavy atom. The van der Waals surface area contributed by atoms with Crippen molar-refractivity contribution in [1.82, 2.24) is 5.32 Å². The molecular weight excluding hydrogens is 178 g/mol. The molecule has 2 heteroatoms. The van der Waals surface area contributed by atoms with Gasteiger partial charge < -0.3 is 5.32 Å². The van der Waals surface area contributed by atoms with Gasteiger partial charge in [0.25, 0.3) is 0 Å². The minimum Gasteiger partial charge on any atom is -0.314 e. The zero-order chi connectivity index (χ0) is 10.1. The third kappa shape index (κ3) is 8.38. The van der Waals surface area contributed by atoms with E-state index >= 15 is 0 Å². The first-order valence-corrected chi connectivity index (χ1v) is 6.46. The quantitative estimate of drug-likeness (QED) is 0.606. The summed E-state index contributed by atoms with van der Waals surface area (Å²) in [6, 6.07) is 0.689. The largest absolute Gasteiger partial charge is 0.314 e. The van der Waals surface area contributed by atoms with E-state index < -0.39 is 0 Å². The minimum atomic E-state index is 0.689. The Hall–Kier alpha value is 0.0500. The molecule has 1 unspecified atom stereocenters. The normalized spacial score (nSPS) is 12.8. The average Bonchev–Trinajstić information content (AvgIpc) is 2.09. The molecule has 0 saturated heterocycles. The van der Waals surface area contributed by atoms with Crippen molar-refractivity contribution in [2.45, 2.75) is 39.2 Å². The minimum absolute atomic E-state index is 0.689. The lowest BCUT2D eigenvalue weighted by Crippen LogP contribution is -2.29. The van der Waals surface area contributed by atoms with Gasteiger partial charge in [0.15, 0.2) is 0 Å². The van der Waals surface area contributed by atoms with E-state index in [9.17, 15) is 0 Å². The smallest absolute Gasteiger partial charge is 0.00778 e. The van der Waals surface area contributed by atoms with Gasteiger partial charge in [-0.3, -0.25) is 0 Å². The van der Waals surface area contributed by atoms with E-state index in [2.05, 4.69) is 32.0 Å². The van der Waals surface area contributed by atoms with Gasteiger partial charge in [0.05, 0.1) is 0 Å². The molecule has 0 heterocycles. The van der Waals surface area contributed by atoms with E-state index in [0.29, 0.717) is 6.04 Å². The first-order valence-electron chi connectivity index (χ1n) is 5.07. The predicted molar refractivity (Wildman–Crippen MR) is 64.5 cm³/mol. The van der Waals surface area contributed by atoms with Gasteiger partial charge in [0.2, 0.25) is 0 Å². The van der Waals surface area contributed by atoms with E-state index in [1.165, 1.54) is 24.2 Å². The van der Waals surface area contributed by atoms with Crippen LogP contribution in [0.25, 0.3) is 0 Å². The van der Waals surface area contributed by atoms with Gasteiger partial charge in [-0.15, -0.1) is 6.58 Å². The fourth-order valence-corrected chi connectivity index (χ4v) is 1.84. The van der Waals surface area contributed by atoms with Crippen LogP contribution in [0.15, 0.2) is 12.2 Å².